The summed E-state index contributed by atoms with van der Waals surface area (Å²) in [6, 6.07) is 4.86. The second-order valence-corrected chi connectivity index (χ2v) is 5.82. The predicted octanol–water partition coefficient (Wildman–Crippen LogP) is 2.74. The Morgan fingerprint density at radius 3 is 2.68 bits per heavy atom. The standard InChI is InChI=1S/C14H20N2O3/c1-14(2)7-11(14)9-15-8-10-4-12(16(17)18)6-13(5-10)19-3/h4-6,11,15H,7-9H2,1-3H3. The third kappa shape index (κ3) is 3.44. The number of hydrogen-bond acceptors (Lipinski definition) is 4. The van der Waals surface area contributed by atoms with E-state index in [1.165, 1.54) is 19.6 Å². The fourth-order valence-electron chi connectivity index (χ4n) is 2.28. The van der Waals surface area contributed by atoms with Crippen molar-refractivity contribution in [2.45, 2.75) is 26.8 Å². The minimum Gasteiger partial charge on any atom is -0.496 e. The molecule has 1 N–H and O–H groups in total. The Morgan fingerprint density at radius 2 is 2.16 bits per heavy atom. The molecular formula is C14H20N2O3. The minimum absolute atomic E-state index is 0.0721. The molecule has 1 aliphatic carbocycles. The summed E-state index contributed by atoms with van der Waals surface area (Å²) in [5.74, 6) is 1.24. The van der Waals surface area contributed by atoms with Crippen LogP contribution in [0.2, 0.25) is 0 Å². The zero-order valence-electron chi connectivity index (χ0n) is 11.6. The molecule has 0 amide bonds. The summed E-state index contributed by atoms with van der Waals surface area (Å²) in [5, 5.41) is 14.2. The Balaban J connectivity index is 1.95. The molecule has 1 aliphatic rings. The van der Waals surface area contributed by atoms with E-state index in [1.807, 2.05) is 6.07 Å². The lowest BCUT2D eigenvalue weighted by Gasteiger charge is -2.08. The van der Waals surface area contributed by atoms with Crippen LogP contribution >= 0.6 is 0 Å². The SMILES string of the molecule is COc1cc(CNCC2CC2(C)C)cc([N+](=O)[O-])c1. The zero-order valence-corrected chi connectivity index (χ0v) is 11.6. The summed E-state index contributed by atoms with van der Waals surface area (Å²) in [6.07, 6.45) is 1.25. The molecule has 2 rings (SSSR count). The fourth-order valence-corrected chi connectivity index (χ4v) is 2.28. The molecule has 1 aromatic rings. The van der Waals surface area contributed by atoms with Crippen LogP contribution in [0.4, 0.5) is 5.69 Å². The number of nitrogens with one attached hydrogen (secondary N) is 1. The van der Waals surface area contributed by atoms with Crippen LogP contribution in [-0.4, -0.2) is 18.6 Å². The number of hydrogen-bond donors (Lipinski definition) is 1. The van der Waals surface area contributed by atoms with Crippen LogP contribution in [0.3, 0.4) is 0 Å². The summed E-state index contributed by atoms with van der Waals surface area (Å²) >= 11 is 0. The van der Waals surface area contributed by atoms with Crippen LogP contribution in [0.15, 0.2) is 18.2 Å². The Hall–Kier alpha value is -1.62. The number of ether oxygens (including phenoxy) is 1. The van der Waals surface area contributed by atoms with Gasteiger partial charge in [0.1, 0.15) is 5.75 Å². The van der Waals surface area contributed by atoms with E-state index < -0.39 is 4.92 Å². The Morgan fingerprint density at radius 1 is 1.47 bits per heavy atom. The van der Waals surface area contributed by atoms with Gasteiger partial charge in [-0.2, -0.15) is 0 Å². The van der Waals surface area contributed by atoms with Gasteiger partial charge in [-0.3, -0.25) is 10.1 Å². The first-order chi connectivity index (χ1) is 8.92. The van der Waals surface area contributed by atoms with Gasteiger partial charge in [0.25, 0.3) is 5.69 Å². The highest BCUT2D eigenvalue weighted by Crippen LogP contribution is 2.50. The number of methoxy groups -OCH3 is 1. The number of benzene rings is 1. The molecule has 5 heteroatoms. The third-order valence-corrected chi connectivity index (χ3v) is 3.84. The molecule has 1 saturated carbocycles. The molecule has 0 aromatic heterocycles. The maximum Gasteiger partial charge on any atom is 0.273 e. The molecule has 0 saturated heterocycles. The van der Waals surface area contributed by atoms with E-state index in [9.17, 15) is 10.1 Å². The average molecular weight is 264 g/mol. The molecule has 104 valence electrons. The highest BCUT2D eigenvalue weighted by atomic mass is 16.6. The number of rotatable bonds is 6. The lowest BCUT2D eigenvalue weighted by molar-refractivity contribution is -0.385. The van der Waals surface area contributed by atoms with Gasteiger partial charge >= 0.3 is 0 Å². The number of non-ortho nitro benzene ring substituents is 1. The first kappa shape index (κ1) is 13.8. The second-order valence-electron chi connectivity index (χ2n) is 5.82. The van der Waals surface area contributed by atoms with Crippen molar-refractivity contribution in [3.63, 3.8) is 0 Å². The van der Waals surface area contributed by atoms with Crippen molar-refractivity contribution in [2.24, 2.45) is 11.3 Å². The normalized spacial score (nSPS) is 20.1. The van der Waals surface area contributed by atoms with Crippen LogP contribution in [0.5, 0.6) is 5.75 Å². The summed E-state index contributed by atoms with van der Waals surface area (Å²) < 4.78 is 5.09. The van der Waals surface area contributed by atoms with Gasteiger partial charge < -0.3 is 10.1 Å². The van der Waals surface area contributed by atoms with Crippen molar-refractivity contribution in [1.29, 1.82) is 0 Å². The van der Waals surface area contributed by atoms with E-state index in [4.69, 9.17) is 4.74 Å². The largest absolute Gasteiger partial charge is 0.496 e. The Bertz CT molecular complexity index is 486. The van der Waals surface area contributed by atoms with Crippen molar-refractivity contribution in [2.75, 3.05) is 13.7 Å². The van der Waals surface area contributed by atoms with Crippen LogP contribution < -0.4 is 10.1 Å². The topological polar surface area (TPSA) is 64.4 Å². The van der Waals surface area contributed by atoms with Gasteiger partial charge in [-0.25, -0.2) is 0 Å². The molecule has 0 bridgehead atoms. The summed E-state index contributed by atoms with van der Waals surface area (Å²) in [7, 11) is 1.52. The summed E-state index contributed by atoms with van der Waals surface area (Å²) in [6.45, 7) is 6.11. The first-order valence-electron chi connectivity index (χ1n) is 6.45. The van der Waals surface area contributed by atoms with Crippen molar-refractivity contribution in [3.8, 4) is 5.75 Å². The van der Waals surface area contributed by atoms with Crippen LogP contribution in [0.1, 0.15) is 25.8 Å². The second kappa shape index (κ2) is 5.17. The van der Waals surface area contributed by atoms with Crippen LogP contribution in [0.25, 0.3) is 0 Å². The maximum absolute atomic E-state index is 10.8. The monoisotopic (exact) mass is 264 g/mol. The minimum atomic E-state index is -0.393. The third-order valence-electron chi connectivity index (χ3n) is 3.84. The van der Waals surface area contributed by atoms with Gasteiger partial charge in [0.05, 0.1) is 18.1 Å². The first-order valence-corrected chi connectivity index (χ1v) is 6.45. The summed E-state index contributed by atoms with van der Waals surface area (Å²) in [4.78, 5) is 10.4. The lowest BCUT2D eigenvalue weighted by Crippen LogP contribution is -2.18. The smallest absolute Gasteiger partial charge is 0.273 e. The van der Waals surface area contributed by atoms with E-state index in [-0.39, 0.29) is 5.69 Å². The molecule has 1 unspecified atom stereocenters. The molecule has 1 aromatic carbocycles. The highest BCUT2D eigenvalue weighted by molar-refractivity contribution is 5.42. The van der Waals surface area contributed by atoms with Gasteiger partial charge in [0, 0.05) is 12.6 Å². The quantitative estimate of drug-likeness (QED) is 0.634. The molecular weight excluding hydrogens is 244 g/mol. The molecule has 0 spiro atoms. The van der Waals surface area contributed by atoms with E-state index in [0.717, 1.165) is 12.1 Å². The maximum atomic E-state index is 10.8. The van der Waals surface area contributed by atoms with Gasteiger partial charge in [-0.15, -0.1) is 0 Å². The Kier molecular flexibility index (Phi) is 3.75. The predicted molar refractivity (Wildman–Crippen MR) is 73.2 cm³/mol. The lowest BCUT2D eigenvalue weighted by atomic mass is 10.1. The van der Waals surface area contributed by atoms with E-state index >= 15 is 0 Å². The molecule has 1 fully saturated rings. The molecule has 0 radical (unpaired) electrons. The summed E-state index contributed by atoms with van der Waals surface area (Å²) in [5.41, 5.74) is 1.40. The highest BCUT2D eigenvalue weighted by Gasteiger charge is 2.44. The Labute approximate surface area is 113 Å². The van der Waals surface area contributed by atoms with E-state index in [2.05, 4.69) is 19.2 Å². The molecule has 0 heterocycles. The molecule has 5 nitrogen and oxygen atoms in total. The van der Waals surface area contributed by atoms with Crippen molar-refractivity contribution >= 4 is 5.69 Å². The van der Waals surface area contributed by atoms with E-state index in [0.29, 0.717) is 23.6 Å². The van der Waals surface area contributed by atoms with Gasteiger partial charge in [-0.05, 0) is 35.9 Å². The molecule has 1 atom stereocenters. The van der Waals surface area contributed by atoms with E-state index in [1.54, 1.807) is 6.07 Å². The zero-order chi connectivity index (χ0) is 14.0. The van der Waals surface area contributed by atoms with Crippen molar-refractivity contribution < 1.29 is 9.66 Å². The fraction of sp³-hybridized carbons (Fsp3) is 0.571. The van der Waals surface area contributed by atoms with Gasteiger partial charge in [0.15, 0.2) is 0 Å². The van der Waals surface area contributed by atoms with Crippen molar-refractivity contribution in [3.05, 3.63) is 33.9 Å². The van der Waals surface area contributed by atoms with Crippen LogP contribution in [-0.2, 0) is 6.54 Å². The number of nitrogens with zero attached hydrogens (tertiary/aromatic N) is 1. The number of nitro benzene ring substituents is 1. The average Bonchev–Trinajstić information content (AvgIpc) is 2.96. The molecule has 19 heavy (non-hydrogen) atoms. The van der Waals surface area contributed by atoms with Crippen molar-refractivity contribution in [1.82, 2.24) is 5.32 Å². The molecule has 0 aliphatic heterocycles. The van der Waals surface area contributed by atoms with Crippen LogP contribution in [0, 0.1) is 21.4 Å². The number of nitro groups is 1. The van der Waals surface area contributed by atoms with Gasteiger partial charge in [-0.1, -0.05) is 13.8 Å². The van der Waals surface area contributed by atoms with Gasteiger partial charge in [0.2, 0.25) is 0 Å².